The lowest BCUT2D eigenvalue weighted by Gasteiger charge is -2.26. The monoisotopic (exact) mass is 336 g/mol. The quantitative estimate of drug-likeness (QED) is 0.689. The van der Waals surface area contributed by atoms with E-state index in [2.05, 4.69) is 22.0 Å². The van der Waals surface area contributed by atoms with E-state index < -0.39 is 0 Å². The van der Waals surface area contributed by atoms with E-state index in [1.54, 1.807) is 31.5 Å². The third-order valence-corrected chi connectivity index (χ3v) is 5.04. The van der Waals surface area contributed by atoms with Gasteiger partial charge in [0.15, 0.2) is 0 Å². The molecule has 1 unspecified atom stereocenters. The summed E-state index contributed by atoms with van der Waals surface area (Å²) >= 11 is 0. The largest absolute Gasteiger partial charge is 0.496 e. The highest BCUT2D eigenvalue weighted by molar-refractivity contribution is 5.82. The maximum atomic E-state index is 14.0. The zero-order chi connectivity index (χ0) is 17.2. The van der Waals surface area contributed by atoms with Crippen LogP contribution in [0.5, 0.6) is 5.75 Å². The summed E-state index contributed by atoms with van der Waals surface area (Å²) in [5.74, 6) is 0.719. The van der Waals surface area contributed by atoms with Crippen molar-refractivity contribution < 1.29 is 9.13 Å². The van der Waals surface area contributed by atoms with E-state index in [0.29, 0.717) is 11.4 Å². The van der Waals surface area contributed by atoms with Crippen LogP contribution in [-0.2, 0) is 6.54 Å². The first kappa shape index (κ1) is 16.0. The Hall–Kier alpha value is -2.46. The molecule has 0 N–H and O–H groups in total. The highest BCUT2D eigenvalue weighted by Gasteiger charge is 2.28. The Balaban J connectivity index is 1.68. The lowest BCUT2D eigenvalue weighted by molar-refractivity contribution is 0.243. The number of fused-ring (bicyclic) bond motifs is 1. The predicted molar refractivity (Wildman–Crippen MR) is 97.1 cm³/mol. The molecule has 128 valence electrons. The smallest absolute Gasteiger partial charge is 0.132 e. The van der Waals surface area contributed by atoms with Crippen molar-refractivity contribution in [3.8, 4) is 5.75 Å². The second kappa shape index (κ2) is 6.81. The molecule has 0 spiro atoms. The zero-order valence-electron chi connectivity index (χ0n) is 14.3. The number of methoxy groups -OCH3 is 1. The molecule has 0 radical (unpaired) electrons. The molecular formula is C21H21FN2O. The highest BCUT2D eigenvalue weighted by Crippen LogP contribution is 2.38. The Morgan fingerprint density at radius 2 is 2.04 bits per heavy atom. The van der Waals surface area contributed by atoms with Gasteiger partial charge >= 0.3 is 0 Å². The van der Waals surface area contributed by atoms with Crippen LogP contribution in [0.15, 0.2) is 54.7 Å². The average Bonchev–Trinajstić information content (AvgIpc) is 3.12. The first-order chi connectivity index (χ1) is 12.3. The van der Waals surface area contributed by atoms with E-state index in [-0.39, 0.29) is 5.82 Å². The summed E-state index contributed by atoms with van der Waals surface area (Å²) in [6.07, 6.45) is 3.98. The minimum absolute atomic E-state index is 0.213. The molecule has 0 saturated carbocycles. The van der Waals surface area contributed by atoms with Gasteiger partial charge in [0.1, 0.15) is 11.6 Å². The third-order valence-electron chi connectivity index (χ3n) is 5.04. The van der Waals surface area contributed by atoms with Crippen molar-refractivity contribution in [2.45, 2.75) is 25.4 Å². The molecule has 0 bridgehead atoms. The molecule has 1 aromatic heterocycles. The summed E-state index contributed by atoms with van der Waals surface area (Å²) in [6, 6.07) is 15.5. The van der Waals surface area contributed by atoms with Crippen molar-refractivity contribution in [2.24, 2.45) is 0 Å². The Morgan fingerprint density at radius 1 is 1.16 bits per heavy atom. The minimum Gasteiger partial charge on any atom is -0.496 e. The number of pyridine rings is 1. The Morgan fingerprint density at radius 3 is 2.92 bits per heavy atom. The molecule has 1 aliphatic heterocycles. The summed E-state index contributed by atoms with van der Waals surface area (Å²) < 4.78 is 19.6. The van der Waals surface area contributed by atoms with Gasteiger partial charge in [0.05, 0.1) is 12.6 Å². The number of para-hydroxylation sites is 1. The fourth-order valence-corrected chi connectivity index (χ4v) is 3.85. The molecule has 3 aromatic rings. The van der Waals surface area contributed by atoms with Gasteiger partial charge in [0, 0.05) is 29.7 Å². The molecule has 1 saturated heterocycles. The fourth-order valence-electron chi connectivity index (χ4n) is 3.85. The van der Waals surface area contributed by atoms with Gasteiger partial charge in [0.2, 0.25) is 0 Å². The third kappa shape index (κ3) is 2.98. The number of hydrogen-bond acceptors (Lipinski definition) is 3. The summed E-state index contributed by atoms with van der Waals surface area (Å²) in [6.45, 7) is 1.78. The molecule has 4 heteroatoms. The number of benzene rings is 2. The van der Waals surface area contributed by atoms with Crippen molar-refractivity contribution in [1.29, 1.82) is 0 Å². The first-order valence-electron chi connectivity index (χ1n) is 8.67. The number of hydrogen-bond donors (Lipinski definition) is 0. The van der Waals surface area contributed by atoms with E-state index in [1.807, 2.05) is 18.2 Å². The number of rotatable bonds is 4. The average molecular weight is 336 g/mol. The van der Waals surface area contributed by atoms with Crippen molar-refractivity contribution in [1.82, 2.24) is 9.88 Å². The zero-order valence-corrected chi connectivity index (χ0v) is 14.3. The van der Waals surface area contributed by atoms with Gasteiger partial charge in [-0.05, 0) is 49.2 Å². The molecule has 1 atom stereocenters. The molecule has 0 amide bonds. The van der Waals surface area contributed by atoms with Gasteiger partial charge in [-0.2, -0.15) is 0 Å². The molecule has 3 nitrogen and oxygen atoms in total. The van der Waals surface area contributed by atoms with E-state index in [1.165, 1.54) is 5.56 Å². The lowest BCUT2D eigenvalue weighted by atomic mass is 10.0. The second-order valence-electron chi connectivity index (χ2n) is 6.48. The van der Waals surface area contributed by atoms with Crippen LogP contribution in [0.25, 0.3) is 10.9 Å². The van der Waals surface area contributed by atoms with Crippen LogP contribution in [-0.4, -0.2) is 23.5 Å². The van der Waals surface area contributed by atoms with Crippen molar-refractivity contribution in [2.75, 3.05) is 13.7 Å². The van der Waals surface area contributed by atoms with Gasteiger partial charge < -0.3 is 4.74 Å². The minimum atomic E-state index is -0.213. The summed E-state index contributed by atoms with van der Waals surface area (Å²) in [4.78, 5) is 6.87. The SMILES string of the molecule is COc1ccccc1C1CCCN1Cc1ccc(F)c2cccnc12. The second-order valence-corrected chi connectivity index (χ2v) is 6.48. The van der Waals surface area contributed by atoms with Crippen LogP contribution < -0.4 is 4.74 Å². The van der Waals surface area contributed by atoms with E-state index >= 15 is 0 Å². The molecule has 1 aliphatic rings. The van der Waals surface area contributed by atoms with Crippen LogP contribution in [0, 0.1) is 5.82 Å². The molecule has 0 aliphatic carbocycles. The van der Waals surface area contributed by atoms with Crippen LogP contribution in [0.4, 0.5) is 4.39 Å². The molecule has 25 heavy (non-hydrogen) atoms. The topological polar surface area (TPSA) is 25.4 Å². The lowest BCUT2D eigenvalue weighted by Crippen LogP contribution is -2.23. The summed E-state index contributed by atoms with van der Waals surface area (Å²) in [5.41, 5.74) is 3.05. The number of nitrogens with zero attached hydrogens (tertiary/aromatic N) is 2. The van der Waals surface area contributed by atoms with Crippen LogP contribution in [0.1, 0.15) is 30.0 Å². The molecule has 4 rings (SSSR count). The number of likely N-dealkylation sites (tertiary alicyclic amines) is 1. The first-order valence-corrected chi connectivity index (χ1v) is 8.67. The van der Waals surface area contributed by atoms with Crippen molar-refractivity contribution in [3.05, 3.63) is 71.7 Å². The summed E-state index contributed by atoms with van der Waals surface area (Å²) in [7, 11) is 1.72. The van der Waals surface area contributed by atoms with Gasteiger partial charge in [-0.25, -0.2) is 4.39 Å². The van der Waals surface area contributed by atoms with Crippen molar-refractivity contribution >= 4 is 10.9 Å². The maximum absolute atomic E-state index is 14.0. The van der Waals surface area contributed by atoms with Gasteiger partial charge in [-0.3, -0.25) is 9.88 Å². The Bertz CT molecular complexity index is 896. The number of ether oxygens (including phenoxy) is 1. The van der Waals surface area contributed by atoms with E-state index in [0.717, 1.165) is 42.8 Å². The highest BCUT2D eigenvalue weighted by atomic mass is 19.1. The molecule has 2 heterocycles. The number of aromatic nitrogens is 1. The summed E-state index contributed by atoms with van der Waals surface area (Å²) in [5, 5.41) is 0.591. The predicted octanol–water partition coefficient (Wildman–Crippen LogP) is 4.72. The molecule has 2 aromatic carbocycles. The van der Waals surface area contributed by atoms with Crippen molar-refractivity contribution in [3.63, 3.8) is 0 Å². The van der Waals surface area contributed by atoms with Gasteiger partial charge in [-0.1, -0.05) is 24.3 Å². The number of halogens is 1. The van der Waals surface area contributed by atoms with Crippen LogP contribution in [0.2, 0.25) is 0 Å². The van der Waals surface area contributed by atoms with Crippen LogP contribution >= 0.6 is 0 Å². The fraction of sp³-hybridized carbons (Fsp3) is 0.286. The molecule has 1 fully saturated rings. The normalized spacial score (nSPS) is 17.9. The van der Waals surface area contributed by atoms with E-state index in [9.17, 15) is 4.39 Å². The van der Waals surface area contributed by atoms with Gasteiger partial charge in [0.25, 0.3) is 0 Å². The van der Waals surface area contributed by atoms with E-state index in [4.69, 9.17) is 4.74 Å². The molecular weight excluding hydrogens is 315 g/mol. The van der Waals surface area contributed by atoms with Gasteiger partial charge in [-0.15, -0.1) is 0 Å². The van der Waals surface area contributed by atoms with Crippen LogP contribution in [0.3, 0.4) is 0 Å². The maximum Gasteiger partial charge on any atom is 0.132 e. The Labute approximate surface area is 147 Å². The Kier molecular flexibility index (Phi) is 4.36. The standard InChI is InChI=1S/C21H21FN2O/c1-25-20-9-3-2-6-17(20)19-8-5-13-24(19)14-15-10-11-18(22)16-7-4-12-23-21(15)16/h2-4,6-7,9-12,19H,5,8,13-14H2,1H3.